The van der Waals surface area contributed by atoms with Crippen LogP contribution in [0.1, 0.15) is 32.3 Å². The van der Waals surface area contributed by atoms with E-state index in [0.717, 1.165) is 24.7 Å². The van der Waals surface area contributed by atoms with E-state index in [1.807, 2.05) is 23.3 Å². The summed E-state index contributed by atoms with van der Waals surface area (Å²) in [5, 5.41) is 9.33. The van der Waals surface area contributed by atoms with Crippen LogP contribution in [0.4, 0.5) is 5.95 Å². The van der Waals surface area contributed by atoms with E-state index in [1.165, 1.54) is 17.3 Å². The number of esters is 1. The Labute approximate surface area is 204 Å². The highest BCUT2D eigenvalue weighted by Gasteiger charge is 2.31. The number of carbonyl (C=O) groups is 2. The molecule has 1 atom stereocenters. The van der Waals surface area contributed by atoms with E-state index in [1.54, 1.807) is 0 Å². The molecule has 0 saturated carbocycles. The van der Waals surface area contributed by atoms with Gasteiger partial charge in [0.25, 0.3) is 0 Å². The van der Waals surface area contributed by atoms with E-state index in [2.05, 4.69) is 46.3 Å². The maximum absolute atomic E-state index is 13.2. The maximum Gasteiger partial charge on any atom is 0.309 e. The fourth-order valence-corrected chi connectivity index (χ4v) is 5.23. The predicted molar refractivity (Wildman–Crippen MR) is 130 cm³/mol. The second kappa shape index (κ2) is 11.2. The smallest absolute Gasteiger partial charge is 0.309 e. The lowest BCUT2D eigenvalue weighted by Gasteiger charge is -2.32. The molecule has 1 aromatic heterocycles. The second-order valence-corrected chi connectivity index (χ2v) is 9.97. The van der Waals surface area contributed by atoms with Gasteiger partial charge in [-0.1, -0.05) is 29.5 Å². The molecule has 2 fully saturated rings. The average Bonchev–Trinajstić information content (AvgIpc) is 3.28. The van der Waals surface area contributed by atoms with Crippen molar-refractivity contribution in [2.24, 2.45) is 5.92 Å². The van der Waals surface area contributed by atoms with Crippen LogP contribution in [0.15, 0.2) is 29.4 Å². The first-order valence-corrected chi connectivity index (χ1v) is 12.8. The van der Waals surface area contributed by atoms with Crippen LogP contribution in [-0.2, 0) is 19.1 Å². The summed E-state index contributed by atoms with van der Waals surface area (Å²) in [7, 11) is 0. The molecule has 4 rings (SSSR count). The summed E-state index contributed by atoms with van der Waals surface area (Å²) < 4.78 is 12.7. The molecule has 0 N–H and O–H groups in total. The number of anilines is 1. The van der Waals surface area contributed by atoms with Gasteiger partial charge < -0.3 is 19.3 Å². The van der Waals surface area contributed by atoms with Gasteiger partial charge in [0.2, 0.25) is 11.9 Å². The van der Waals surface area contributed by atoms with Crippen molar-refractivity contribution >= 4 is 29.6 Å². The summed E-state index contributed by atoms with van der Waals surface area (Å²) in [6.45, 7) is 10.1. The third kappa shape index (κ3) is 5.55. The molecule has 2 aliphatic rings. The molecule has 3 heterocycles. The summed E-state index contributed by atoms with van der Waals surface area (Å²) >= 11 is 1.42. The van der Waals surface area contributed by atoms with E-state index in [9.17, 15) is 9.59 Å². The number of morpholine rings is 1. The first-order valence-electron chi connectivity index (χ1n) is 11.9. The van der Waals surface area contributed by atoms with Crippen molar-refractivity contribution in [3.63, 3.8) is 0 Å². The van der Waals surface area contributed by atoms with Crippen LogP contribution in [0.3, 0.4) is 0 Å². The van der Waals surface area contributed by atoms with Gasteiger partial charge in [0.15, 0.2) is 5.16 Å². The van der Waals surface area contributed by atoms with Crippen LogP contribution in [0.2, 0.25) is 0 Å². The van der Waals surface area contributed by atoms with Gasteiger partial charge in [-0.2, -0.15) is 0 Å². The molecule has 0 spiro atoms. The van der Waals surface area contributed by atoms with Crippen LogP contribution in [0.5, 0.6) is 0 Å². The maximum atomic E-state index is 13.2. The third-order valence-corrected chi connectivity index (χ3v) is 7.29. The van der Waals surface area contributed by atoms with E-state index < -0.39 is 0 Å². The molecule has 10 heteroatoms. The SMILES string of the molecule is CCOC(=O)C1CCN(C(=O)C(C)Sc2nnc(N3CCOCC3)n2-c2ccc(C)cc2)CC1. The molecule has 2 aromatic rings. The molecule has 0 radical (unpaired) electrons. The monoisotopic (exact) mass is 487 g/mol. The summed E-state index contributed by atoms with van der Waals surface area (Å²) in [4.78, 5) is 29.3. The highest BCUT2D eigenvalue weighted by molar-refractivity contribution is 8.00. The number of likely N-dealkylation sites (tertiary alicyclic amines) is 1. The molecule has 0 bridgehead atoms. The van der Waals surface area contributed by atoms with Crippen LogP contribution in [-0.4, -0.2) is 82.8 Å². The Balaban J connectivity index is 1.48. The standard InChI is InChI=1S/C24H33N5O4S/c1-4-33-22(31)19-9-11-27(12-10-19)21(30)18(3)34-24-26-25-23(28-13-15-32-16-14-28)29(24)20-7-5-17(2)6-8-20/h5-8,18-19H,4,9-16H2,1-3H3. The number of aromatic nitrogens is 3. The number of thioether (sulfide) groups is 1. The number of rotatable bonds is 7. The van der Waals surface area contributed by atoms with E-state index >= 15 is 0 Å². The number of amides is 1. The van der Waals surface area contributed by atoms with Crippen molar-refractivity contribution in [2.75, 3.05) is 50.9 Å². The fourth-order valence-electron chi connectivity index (χ4n) is 4.29. The molecule has 1 aromatic carbocycles. The largest absolute Gasteiger partial charge is 0.466 e. The lowest BCUT2D eigenvalue weighted by molar-refractivity contribution is -0.151. The van der Waals surface area contributed by atoms with Crippen molar-refractivity contribution in [3.05, 3.63) is 29.8 Å². The van der Waals surface area contributed by atoms with E-state index in [-0.39, 0.29) is 23.0 Å². The molecule has 34 heavy (non-hydrogen) atoms. The van der Waals surface area contributed by atoms with Gasteiger partial charge in [-0.15, -0.1) is 10.2 Å². The summed E-state index contributed by atoms with van der Waals surface area (Å²) in [5.74, 6) is 0.551. The van der Waals surface area contributed by atoms with Crippen LogP contribution < -0.4 is 4.90 Å². The zero-order chi connectivity index (χ0) is 24.1. The Kier molecular flexibility index (Phi) is 8.10. The second-order valence-electron chi connectivity index (χ2n) is 8.66. The molecule has 1 unspecified atom stereocenters. The first kappa shape index (κ1) is 24.5. The summed E-state index contributed by atoms with van der Waals surface area (Å²) in [5.41, 5.74) is 2.14. The zero-order valence-corrected chi connectivity index (χ0v) is 20.9. The molecule has 0 aliphatic carbocycles. The highest BCUT2D eigenvalue weighted by atomic mass is 32.2. The Morgan fingerprint density at radius 3 is 2.44 bits per heavy atom. The van der Waals surface area contributed by atoms with Crippen molar-refractivity contribution in [2.45, 2.75) is 44.0 Å². The number of benzene rings is 1. The first-order chi connectivity index (χ1) is 16.5. The van der Waals surface area contributed by atoms with Gasteiger partial charge in [-0.05, 0) is 45.7 Å². The Morgan fingerprint density at radius 2 is 1.79 bits per heavy atom. The minimum atomic E-state index is -0.329. The van der Waals surface area contributed by atoms with E-state index in [4.69, 9.17) is 9.47 Å². The van der Waals surface area contributed by atoms with Gasteiger partial charge in [-0.3, -0.25) is 14.2 Å². The Hall–Kier alpha value is -2.59. The fraction of sp³-hybridized carbons (Fsp3) is 0.583. The van der Waals surface area contributed by atoms with Crippen molar-refractivity contribution < 1.29 is 19.1 Å². The van der Waals surface area contributed by atoms with Gasteiger partial charge in [-0.25, -0.2) is 0 Å². The van der Waals surface area contributed by atoms with Crippen LogP contribution in [0, 0.1) is 12.8 Å². The molecule has 9 nitrogen and oxygen atoms in total. The number of piperidine rings is 1. The third-order valence-electron chi connectivity index (χ3n) is 6.26. The number of nitrogens with zero attached hydrogens (tertiary/aromatic N) is 5. The number of hydrogen-bond acceptors (Lipinski definition) is 8. The number of aryl methyl sites for hydroxylation is 1. The number of carbonyl (C=O) groups excluding carboxylic acids is 2. The lowest BCUT2D eigenvalue weighted by atomic mass is 9.97. The minimum Gasteiger partial charge on any atom is -0.466 e. The van der Waals surface area contributed by atoms with Crippen LogP contribution >= 0.6 is 11.8 Å². The lowest BCUT2D eigenvalue weighted by Crippen LogP contribution is -2.43. The topological polar surface area (TPSA) is 89.8 Å². The molecule has 1 amide bonds. The molecule has 2 aliphatic heterocycles. The number of hydrogen-bond donors (Lipinski definition) is 0. The predicted octanol–water partition coefficient (Wildman–Crippen LogP) is 2.69. The Bertz CT molecular complexity index is 982. The number of ether oxygens (including phenoxy) is 2. The van der Waals surface area contributed by atoms with Gasteiger partial charge in [0.05, 0.1) is 36.7 Å². The summed E-state index contributed by atoms with van der Waals surface area (Å²) in [6, 6.07) is 8.24. The molecular formula is C24H33N5O4S. The normalized spacial score (nSPS) is 18.1. The minimum absolute atomic E-state index is 0.0543. The molecular weight excluding hydrogens is 454 g/mol. The quantitative estimate of drug-likeness (QED) is 0.435. The van der Waals surface area contributed by atoms with Crippen molar-refractivity contribution in [1.29, 1.82) is 0 Å². The Morgan fingerprint density at radius 1 is 1.12 bits per heavy atom. The van der Waals surface area contributed by atoms with Crippen LogP contribution in [0.25, 0.3) is 5.69 Å². The molecule has 184 valence electrons. The molecule has 2 saturated heterocycles. The van der Waals surface area contributed by atoms with E-state index in [0.29, 0.717) is 50.9 Å². The summed E-state index contributed by atoms with van der Waals surface area (Å²) in [6.07, 6.45) is 1.28. The van der Waals surface area contributed by atoms with Crippen molar-refractivity contribution in [3.8, 4) is 5.69 Å². The average molecular weight is 488 g/mol. The van der Waals surface area contributed by atoms with Gasteiger partial charge in [0.1, 0.15) is 0 Å². The highest BCUT2D eigenvalue weighted by Crippen LogP contribution is 2.31. The zero-order valence-electron chi connectivity index (χ0n) is 20.1. The van der Waals surface area contributed by atoms with Gasteiger partial charge >= 0.3 is 5.97 Å². The van der Waals surface area contributed by atoms with Crippen molar-refractivity contribution in [1.82, 2.24) is 19.7 Å². The van der Waals surface area contributed by atoms with Gasteiger partial charge in [0, 0.05) is 26.2 Å².